The lowest BCUT2D eigenvalue weighted by atomic mass is 10.0. The van der Waals surface area contributed by atoms with Gasteiger partial charge in [0.1, 0.15) is 5.70 Å². The van der Waals surface area contributed by atoms with Gasteiger partial charge in [-0.1, -0.05) is 50.5 Å². The molecule has 0 N–H and O–H groups in total. The van der Waals surface area contributed by atoms with E-state index in [2.05, 4.69) is 6.92 Å². The summed E-state index contributed by atoms with van der Waals surface area (Å²) in [5.41, 5.74) is 2.22. The second-order valence-corrected chi connectivity index (χ2v) is 7.51. The van der Waals surface area contributed by atoms with E-state index in [0.717, 1.165) is 31.4 Å². The van der Waals surface area contributed by atoms with Crippen molar-refractivity contribution in [3.05, 3.63) is 59.8 Å². The highest BCUT2D eigenvalue weighted by atomic mass is 16.5. The molecule has 31 heavy (non-hydrogen) atoms. The molecule has 0 atom stereocenters. The van der Waals surface area contributed by atoms with Gasteiger partial charge in [-0.2, -0.15) is 0 Å². The van der Waals surface area contributed by atoms with Crippen LogP contribution in [0.5, 0.6) is 11.5 Å². The van der Waals surface area contributed by atoms with Gasteiger partial charge in [0.15, 0.2) is 11.5 Å². The van der Waals surface area contributed by atoms with Crippen molar-refractivity contribution in [1.82, 2.24) is 4.90 Å². The van der Waals surface area contributed by atoms with E-state index < -0.39 is 0 Å². The van der Waals surface area contributed by atoms with E-state index >= 15 is 0 Å². The fourth-order valence-corrected chi connectivity index (χ4v) is 3.81. The number of anilines is 1. The Morgan fingerprint density at radius 3 is 2.23 bits per heavy atom. The Morgan fingerprint density at radius 2 is 1.58 bits per heavy atom. The molecular weight excluding hydrogens is 392 g/mol. The molecule has 164 valence electrons. The molecule has 1 aliphatic heterocycles. The first-order chi connectivity index (χ1) is 15.0. The van der Waals surface area contributed by atoms with E-state index in [1.54, 1.807) is 37.3 Å². The van der Waals surface area contributed by atoms with Gasteiger partial charge in [0.25, 0.3) is 11.8 Å². The fourth-order valence-electron chi connectivity index (χ4n) is 3.81. The predicted octanol–water partition coefficient (Wildman–Crippen LogP) is 4.50. The third-order valence-corrected chi connectivity index (χ3v) is 5.53. The molecule has 0 aliphatic carbocycles. The highest BCUT2D eigenvalue weighted by Crippen LogP contribution is 2.37. The molecule has 0 radical (unpaired) electrons. The van der Waals surface area contributed by atoms with Crippen LogP contribution in [0.1, 0.15) is 38.2 Å². The summed E-state index contributed by atoms with van der Waals surface area (Å²) >= 11 is 0. The van der Waals surface area contributed by atoms with Crippen LogP contribution >= 0.6 is 0 Å². The van der Waals surface area contributed by atoms with Gasteiger partial charge in [0.05, 0.1) is 19.8 Å². The average Bonchev–Trinajstić information content (AvgIpc) is 3.05. The van der Waals surface area contributed by atoms with Crippen molar-refractivity contribution in [2.24, 2.45) is 0 Å². The third-order valence-electron chi connectivity index (χ3n) is 5.53. The quantitative estimate of drug-likeness (QED) is 0.417. The molecule has 0 saturated heterocycles. The molecule has 2 aromatic rings. The Bertz CT molecular complexity index is 969. The number of hydrogen-bond acceptors (Lipinski definition) is 5. The van der Waals surface area contributed by atoms with Crippen LogP contribution in [0, 0.1) is 0 Å². The maximum absolute atomic E-state index is 13.4. The van der Waals surface area contributed by atoms with Crippen LogP contribution < -0.4 is 14.4 Å². The minimum absolute atomic E-state index is 0.266. The second-order valence-electron chi connectivity index (χ2n) is 7.51. The molecule has 1 heterocycles. The normalized spacial score (nSPS) is 13.7. The summed E-state index contributed by atoms with van der Waals surface area (Å²) in [7, 11) is 4.93. The summed E-state index contributed by atoms with van der Waals surface area (Å²) in [5.74, 6) is 0.540. The van der Waals surface area contributed by atoms with Crippen molar-refractivity contribution < 1.29 is 19.1 Å². The van der Waals surface area contributed by atoms with Crippen LogP contribution in [0.15, 0.2) is 54.2 Å². The molecule has 0 aromatic heterocycles. The lowest BCUT2D eigenvalue weighted by molar-refractivity contribution is -0.136. The number of likely N-dealkylation sites (N-methyl/N-ethyl adjacent to an activating group) is 1. The maximum atomic E-state index is 13.4. The smallest absolute Gasteiger partial charge is 0.278 e. The Kier molecular flexibility index (Phi) is 7.34. The lowest BCUT2D eigenvalue weighted by Gasteiger charge is -2.21. The Balaban J connectivity index is 2.05. The average molecular weight is 423 g/mol. The first-order valence-corrected chi connectivity index (χ1v) is 10.6. The van der Waals surface area contributed by atoms with Crippen LogP contribution in [-0.4, -0.2) is 44.5 Å². The summed E-state index contributed by atoms with van der Waals surface area (Å²) in [4.78, 5) is 30.0. The van der Waals surface area contributed by atoms with Gasteiger partial charge >= 0.3 is 0 Å². The molecule has 3 rings (SSSR count). The summed E-state index contributed by atoms with van der Waals surface area (Å²) in [5, 5.41) is 0. The van der Waals surface area contributed by atoms with Crippen molar-refractivity contribution in [1.29, 1.82) is 0 Å². The number of hydrogen-bond donors (Lipinski definition) is 0. The third kappa shape index (κ3) is 4.58. The van der Waals surface area contributed by atoms with Crippen molar-refractivity contribution in [3.8, 4) is 11.5 Å². The van der Waals surface area contributed by atoms with E-state index in [1.807, 2.05) is 37.4 Å². The van der Waals surface area contributed by atoms with Crippen molar-refractivity contribution in [2.45, 2.75) is 32.6 Å². The molecule has 1 aliphatic rings. The first kappa shape index (κ1) is 22.4. The van der Waals surface area contributed by atoms with Gasteiger partial charge in [-0.25, -0.2) is 0 Å². The second kappa shape index (κ2) is 10.2. The van der Waals surface area contributed by atoms with Crippen molar-refractivity contribution in [3.63, 3.8) is 0 Å². The zero-order valence-electron chi connectivity index (χ0n) is 18.7. The molecule has 0 fully saturated rings. The standard InChI is InChI=1S/C25H30N2O4/c1-5-6-7-11-16-27-24(28)22(18-14-15-20(30-3)21(17-18)31-4)23(25(27)29)26(2)19-12-9-8-10-13-19/h8-10,12-15,17H,5-7,11,16H2,1-4H3. The summed E-state index contributed by atoms with van der Waals surface area (Å²) in [6, 6.07) is 14.9. The van der Waals surface area contributed by atoms with Crippen LogP contribution in [0.2, 0.25) is 0 Å². The van der Waals surface area contributed by atoms with Crippen LogP contribution in [-0.2, 0) is 9.59 Å². The number of carbonyl (C=O) groups is 2. The number of methoxy groups -OCH3 is 2. The van der Waals surface area contributed by atoms with E-state index in [0.29, 0.717) is 34.9 Å². The van der Waals surface area contributed by atoms with E-state index in [1.165, 1.54) is 4.90 Å². The fraction of sp³-hybridized carbons (Fsp3) is 0.360. The SMILES string of the molecule is CCCCCCN1C(=O)C(c2ccc(OC)c(OC)c2)=C(N(C)c2ccccc2)C1=O. The first-order valence-electron chi connectivity index (χ1n) is 10.6. The lowest BCUT2D eigenvalue weighted by Crippen LogP contribution is -2.35. The minimum atomic E-state index is -0.272. The Morgan fingerprint density at radius 1 is 0.871 bits per heavy atom. The summed E-state index contributed by atoms with van der Waals surface area (Å²) < 4.78 is 10.8. The van der Waals surface area contributed by atoms with Gasteiger partial charge in [-0.3, -0.25) is 14.5 Å². The van der Waals surface area contributed by atoms with Crippen LogP contribution in [0.3, 0.4) is 0 Å². The van der Waals surface area contributed by atoms with Crippen molar-refractivity contribution in [2.75, 3.05) is 32.7 Å². The molecule has 2 aromatic carbocycles. The topological polar surface area (TPSA) is 59.1 Å². The highest BCUT2D eigenvalue weighted by Gasteiger charge is 2.41. The van der Waals surface area contributed by atoms with Gasteiger partial charge in [0, 0.05) is 19.3 Å². The van der Waals surface area contributed by atoms with Crippen LogP contribution in [0.4, 0.5) is 5.69 Å². The number of carbonyl (C=O) groups excluding carboxylic acids is 2. The van der Waals surface area contributed by atoms with Gasteiger partial charge < -0.3 is 14.4 Å². The molecule has 2 amide bonds. The number of rotatable bonds is 10. The number of para-hydroxylation sites is 1. The van der Waals surface area contributed by atoms with Gasteiger partial charge in [-0.05, 0) is 36.2 Å². The molecule has 0 spiro atoms. The molecule has 6 heteroatoms. The number of amides is 2. The molecular formula is C25H30N2O4. The Labute approximate surface area is 184 Å². The predicted molar refractivity (Wildman–Crippen MR) is 122 cm³/mol. The largest absolute Gasteiger partial charge is 0.493 e. The molecule has 0 bridgehead atoms. The number of unbranched alkanes of at least 4 members (excludes halogenated alkanes) is 3. The summed E-state index contributed by atoms with van der Waals surface area (Å²) in [6.45, 7) is 2.55. The highest BCUT2D eigenvalue weighted by molar-refractivity contribution is 6.36. The minimum Gasteiger partial charge on any atom is -0.493 e. The number of nitrogens with zero attached hydrogens (tertiary/aromatic N) is 2. The Hall–Kier alpha value is -3.28. The van der Waals surface area contributed by atoms with E-state index in [-0.39, 0.29) is 11.8 Å². The van der Waals surface area contributed by atoms with Crippen molar-refractivity contribution >= 4 is 23.1 Å². The molecule has 0 unspecified atom stereocenters. The van der Waals surface area contributed by atoms with Gasteiger partial charge in [0.2, 0.25) is 0 Å². The zero-order valence-corrected chi connectivity index (χ0v) is 18.7. The van der Waals surface area contributed by atoms with Gasteiger partial charge in [-0.15, -0.1) is 0 Å². The van der Waals surface area contributed by atoms with E-state index in [4.69, 9.17) is 9.47 Å². The zero-order chi connectivity index (χ0) is 22.4. The molecule has 0 saturated carbocycles. The number of benzene rings is 2. The monoisotopic (exact) mass is 422 g/mol. The van der Waals surface area contributed by atoms with E-state index in [9.17, 15) is 9.59 Å². The summed E-state index contributed by atoms with van der Waals surface area (Å²) in [6.07, 6.45) is 3.97. The molecule has 6 nitrogen and oxygen atoms in total. The maximum Gasteiger partial charge on any atom is 0.278 e. The number of ether oxygens (including phenoxy) is 2. The van der Waals surface area contributed by atoms with Crippen LogP contribution in [0.25, 0.3) is 5.57 Å². The number of imide groups is 1.